The van der Waals surface area contributed by atoms with Gasteiger partial charge in [0.05, 0.1) is 17.6 Å². The number of carbonyl (C=O) groups is 1. The number of carbonyl (C=O) groups excluding carboxylic acids is 1. The largest absolute Gasteiger partial charge is 0.291 e. The van der Waals surface area contributed by atoms with Crippen molar-refractivity contribution in [2.45, 2.75) is 6.92 Å². The predicted molar refractivity (Wildman–Crippen MR) is 158 cm³/mol. The number of hydrogen-bond acceptors (Lipinski definition) is 3. The molecule has 0 fully saturated rings. The maximum absolute atomic E-state index is 13.1. The molecule has 5 heteroatoms. The number of amides is 1. The fourth-order valence-electron chi connectivity index (χ4n) is 4.63. The molecule has 188 valence electrons. The molecule has 0 saturated carbocycles. The molecular formula is C34H26N4O. The second-order valence-corrected chi connectivity index (χ2v) is 9.37. The molecule has 0 atom stereocenters. The van der Waals surface area contributed by atoms with E-state index in [4.69, 9.17) is 0 Å². The summed E-state index contributed by atoms with van der Waals surface area (Å²) in [5.41, 5.74) is 9.95. The Morgan fingerprint density at radius 3 is 2.21 bits per heavy atom. The molecule has 1 aromatic heterocycles. The minimum Gasteiger partial charge on any atom is -0.265 e. The number of benzene rings is 5. The monoisotopic (exact) mass is 506 g/mol. The summed E-state index contributed by atoms with van der Waals surface area (Å²) in [4.78, 5) is 13.1. The average molecular weight is 507 g/mol. The van der Waals surface area contributed by atoms with Gasteiger partial charge in [-0.3, -0.25) is 4.79 Å². The van der Waals surface area contributed by atoms with Crippen molar-refractivity contribution >= 4 is 22.9 Å². The summed E-state index contributed by atoms with van der Waals surface area (Å²) >= 11 is 0. The average Bonchev–Trinajstić information content (AvgIpc) is 3.44. The van der Waals surface area contributed by atoms with Crippen molar-refractivity contribution in [3.05, 3.63) is 144 Å². The number of aromatic nitrogens is 2. The van der Waals surface area contributed by atoms with Crippen LogP contribution in [0.15, 0.2) is 132 Å². The Labute approximate surface area is 227 Å². The van der Waals surface area contributed by atoms with Crippen molar-refractivity contribution in [3.63, 3.8) is 0 Å². The Kier molecular flexibility index (Phi) is 6.54. The molecule has 1 heterocycles. The molecule has 0 aliphatic rings. The van der Waals surface area contributed by atoms with Crippen LogP contribution in [0.25, 0.3) is 38.8 Å². The minimum atomic E-state index is -0.375. The van der Waals surface area contributed by atoms with Gasteiger partial charge in [-0.2, -0.15) is 10.2 Å². The van der Waals surface area contributed by atoms with Crippen LogP contribution in [0.4, 0.5) is 0 Å². The van der Waals surface area contributed by atoms with Crippen LogP contribution in [0, 0.1) is 6.92 Å². The highest BCUT2D eigenvalue weighted by Crippen LogP contribution is 2.28. The fraction of sp³-hybridized carbons (Fsp3) is 0.0294. The van der Waals surface area contributed by atoms with Gasteiger partial charge >= 0.3 is 0 Å². The molecule has 0 aliphatic carbocycles. The number of fused-ring (bicyclic) bond motifs is 1. The van der Waals surface area contributed by atoms with Crippen molar-refractivity contribution in [1.29, 1.82) is 0 Å². The van der Waals surface area contributed by atoms with E-state index >= 15 is 0 Å². The highest BCUT2D eigenvalue weighted by Gasteiger charge is 2.17. The van der Waals surface area contributed by atoms with Crippen LogP contribution in [0.2, 0.25) is 0 Å². The number of hydrazone groups is 1. The molecule has 6 rings (SSSR count). The molecule has 1 amide bonds. The Bertz CT molecular complexity index is 1780. The van der Waals surface area contributed by atoms with Crippen LogP contribution >= 0.6 is 0 Å². The molecule has 0 saturated heterocycles. The van der Waals surface area contributed by atoms with E-state index in [0.29, 0.717) is 0 Å². The second-order valence-electron chi connectivity index (χ2n) is 9.37. The second kappa shape index (κ2) is 10.6. The van der Waals surface area contributed by atoms with Crippen molar-refractivity contribution in [1.82, 2.24) is 15.2 Å². The normalized spacial score (nSPS) is 11.2. The van der Waals surface area contributed by atoms with Crippen LogP contribution in [0.5, 0.6) is 0 Å². The summed E-state index contributed by atoms with van der Waals surface area (Å²) in [6.45, 7) is 2.04. The van der Waals surface area contributed by atoms with E-state index in [1.54, 1.807) is 17.0 Å². The van der Waals surface area contributed by atoms with Crippen LogP contribution in [0.1, 0.15) is 21.6 Å². The first-order chi connectivity index (χ1) is 19.2. The van der Waals surface area contributed by atoms with E-state index < -0.39 is 0 Å². The first kappa shape index (κ1) is 24.1. The lowest BCUT2D eigenvalue weighted by molar-refractivity contribution is 0.0949. The number of nitrogens with zero attached hydrogens (tertiary/aromatic N) is 3. The molecular weight excluding hydrogens is 480 g/mol. The van der Waals surface area contributed by atoms with Crippen molar-refractivity contribution in [2.75, 3.05) is 0 Å². The SMILES string of the molecule is Cc1ccc(-n2nc(C(=O)N/N=C\c3cccc4ccccc34)cc2-c2ccc(-c3ccccc3)cc2)cc1. The van der Waals surface area contributed by atoms with Gasteiger partial charge in [-0.05, 0) is 47.0 Å². The summed E-state index contributed by atoms with van der Waals surface area (Å²) in [6, 6.07) is 42.5. The van der Waals surface area contributed by atoms with E-state index in [1.165, 1.54) is 0 Å². The van der Waals surface area contributed by atoms with Crippen LogP contribution in [-0.2, 0) is 0 Å². The summed E-state index contributed by atoms with van der Waals surface area (Å²) in [7, 11) is 0. The molecule has 1 N–H and O–H groups in total. The standard InChI is InChI=1S/C34H26N4O/c1-24-14-20-30(21-15-24)38-33(28-18-16-26(17-19-28)25-8-3-2-4-9-25)22-32(37-38)34(39)36-35-23-29-12-7-11-27-10-5-6-13-31(27)29/h2-23H,1H3,(H,36,39)/b35-23-. The summed E-state index contributed by atoms with van der Waals surface area (Å²) in [5, 5.41) is 11.1. The first-order valence-corrected chi connectivity index (χ1v) is 12.8. The van der Waals surface area contributed by atoms with Gasteiger partial charge < -0.3 is 0 Å². The number of nitrogens with one attached hydrogen (secondary N) is 1. The van der Waals surface area contributed by atoms with Gasteiger partial charge in [0.25, 0.3) is 5.91 Å². The van der Waals surface area contributed by atoms with Crippen LogP contribution in [-0.4, -0.2) is 21.9 Å². The summed E-state index contributed by atoms with van der Waals surface area (Å²) in [5.74, 6) is -0.375. The third-order valence-corrected chi connectivity index (χ3v) is 6.70. The Balaban J connectivity index is 1.31. The zero-order valence-electron chi connectivity index (χ0n) is 21.5. The molecule has 6 aromatic rings. The number of rotatable bonds is 6. The quantitative estimate of drug-likeness (QED) is 0.189. The fourth-order valence-corrected chi connectivity index (χ4v) is 4.63. The van der Waals surface area contributed by atoms with Crippen LogP contribution in [0.3, 0.4) is 0 Å². The van der Waals surface area contributed by atoms with Crippen molar-refractivity contribution in [2.24, 2.45) is 5.10 Å². The topological polar surface area (TPSA) is 59.3 Å². The molecule has 39 heavy (non-hydrogen) atoms. The van der Waals surface area contributed by atoms with Gasteiger partial charge in [0.2, 0.25) is 0 Å². The van der Waals surface area contributed by atoms with E-state index in [0.717, 1.165) is 50.0 Å². The molecule has 0 aliphatic heterocycles. The van der Waals surface area contributed by atoms with Gasteiger partial charge in [0.15, 0.2) is 5.69 Å². The van der Waals surface area contributed by atoms with E-state index in [9.17, 15) is 4.79 Å². The molecule has 5 nitrogen and oxygen atoms in total. The lowest BCUT2D eigenvalue weighted by atomic mass is 10.0. The Morgan fingerprint density at radius 1 is 0.744 bits per heavy atom. The molecule has 5 aromatic carbocycles. The third kappa shape index (κ3) is 5.11. The number of aryl methyl sites for hydroxylation is 1. The highest BCUT2D eigenvalue weighted by molar-refractivity contribution is 6.00. The lowest BCUT2D eigenvalue weighted by Gasteiger charge is -2.09. The zero-order chi connectivity index (χ0) is 26.6. The zero-order valence-corrected chi connectivity index (χ0v) is 21.5. The highest BCUT2D eigenvalue weighted by atomic mass is 16.2. The Morgan fingerprint density at radius 2 is 1.41 bits per heavy atom. The molecule has 0 bridgehead atoms. The number of hydrogen-bond donors (Lipinski definition) is 1. The van der Waals surface area contributed by atoms with Gasteiger partial charge in [-0.1, -0.05) is 115 Å². The third-order valence-electron chi connectivity index (χ3n) is 6.70. The van der Waals surface area contributed by atoms with Gasteiger partial charge in [0.1, 0.15) is 0 Å². The molecule has 0 radical (unpaired) electrons. The van der Waals surface area contributed by atoms with Gasteiger partial charge in [0, 0.05) is 11.1 Å². The smallest absolute Gasteiger partial charge is 0.265 e. The molecule has 0 spiro atoms. The summed E-state index contributed by atoms with van der Waals surface area (Å²) in [6.07, 6.45) is 1.67. The molecule has 0 unspecified atom stereocenters. The van der Waals surface area contributed by atoms with E-state index in [-0.39, 0.29) is 11.6 Å². The van der Waals surface area contributed by atoms with Crippen LogP contribution < -0.4 is 5.43 Å². The van der Waals surface area contributed by atoms with E-state index in [1.807, 2.05) is 79.7 Å². The van der Waals surface area contributed by atoms with Gasteiger partial charge in [-0.15, -0.1) is 0 Å². The van der Waals surface area contributed by atoms with Gasteiger partial charge in [-0.25, -0.2) is 10.1 Å². The maximum atomic E-state index is 13.1. The van der Waals surface area contributed by atoms with E-state index in [2.05, 4.69) is 64.2 Å². The first-order valence-electron chi connectivity index (χ1n) is 12.8. The summed E-state index contributed by atoms with van der Waals surface area (Å²) < 4.78 is 1.81. The van der Waals surface area contributed by atoms with Crippen molar-refractivity contribution < 1.29 is 4.79 Å². The lowest BCUT2D eigenvalue weighted by Crippen LogP contribution is -2.18. The maximum Gasteiger partial charge on any atom is 0.291 e. The predicted octanol–water partition coefficient (Wildman–Crippen LogP) is 7.43. The Hall–Kier alpha value is -5.29. The minimum absolute atomic E-state index is 0.285. The van der Waals surface area contributed by atoms with Crippen molar-refractivity contribution in [3.8, 4) is 28.1 Å².